The second-order valence-corrected chi connectivity index (χ2v) is 6.39. The van der Waals surface area contributed by atoms with E-state index in [9.17, 15) is 0 Å². The number of ether oxygens (including phenoxy) is 2. The van der Waals surface area contributed by atoms with Gasteiger partial charge in [0.05, 0.1) is 16.4 Å². The lowest BCUT2D eigenvalue weighted by Gasteiger charge is -2.20. The van der Waals surface area contributed by atoms with Crippen LogP contribution in [0.4, 0.5) is 5.69 Å². The predicted molar refractivity (Wildman–Crippen MR) is 89.1 cm³/mol. The Hall–Kier alpha value is -1.27. The molecule has 110 valence electrons. The van der Waals surface area contributed by atoms with Crippen molar-refractivity contribution in [1.29, 1.82) is 0 Å². The maximum Gasteiger partial charge on any atom is 0.175 e. The quantitative estimate of drug-likeness (QED) is 0.762. The second kappa shape index (κ2) is 6.23. The van der Waals surface area contributed by atoms with Crippen LogP contribution in [0.15, 0.2) is 33.5 Å². The molecule has 1 aliphatic rings. The van der Waals surface area contributed by atoms with Crippen LogP contribution in [-0.2, 0) is 6.54 Å². The van der Waals surface area contributed by atoms with Crippen LogP contribution in [0.1, 0.15) is 11.1 Å². The van der Waals surface area contributed by atoms with Crippen LogP contribution < -0.4 is 14.8 Å². The topological polar surface area (TPSA) is 43.4 Å². The molecule has 1 aromatic heterocycles. The van der Waals surface area contributed by atoms with Crippen molar-refractivity contribution in [3.8, 4) is 11.5 Å². The normalized spacial score (nSPS) is 13.1. The summed E-state index contributed by atoms with van der Waals surface area (Å²) < 4.78 is 13.0. The van der Waals surface area contributed by atoms with Gasteiger partial charge in [-0.3, -0.25) is 0 Å². The lowest BCUT2D eigenvalue weighted by molar-refractivity contribution is 0.170. The predicted octanol–water partition coefficient (Wildman–Crippen LogP) is 4.30. The number of hydrogen-bond acceptors (Lipinski definition) is 4. The SMILES string of the molecule is Cc1cc(NCc2cc(Br)c3c(c2)OCCO3)cnc1Br. The summed E-state index contributed by atoms with van der Waals surface area (Å²) in [7, 11) is 0. The molecule has 21 heavy (non-hydrogen) atoms. The van der Waals surface area contributed by atoms with E-state index < -0.39 is 0 Å². The smallest absolute Gasteiger partial charge is 0.175 e. The lowest BCUT2D eigenvalue weighted by atomic mass is 10.2. The van der Waals surface area contributed by atoms with Crippen molar-refractivity contribution < 1.29 is 9.47 Å². The van der Waals surface area contributed by atoms with Gasteiger partial charge in [-0.25, -0.2) is 4.98 Å². The number of aromatic nitrogens is 1. The maximum atomic E-state index is 5.63. The number of anilines is 1. The summed E-state index contributed by atoms with van der Waals surface area (Å²) in [5.74, 6) is 1.57. The highest BCUT2D eigenvalue weighted by atomic mass is 79.9. The molecule has 0 bridgehead atoms. The molecule has 1 aromatic carbocycles. The van der Waals surface area contributed by atoms with E-state index in [0.717, 1.165) is 37.4 Å². The van der Waals surface area contributed by atoms with Gasteiger partial charge in [-0.15, -0.1) is 0 Å². The summed E-state index contributed by atoms with van der Waals surface area (Å²) in [6, 6.07) is 6.11. The number of aryl methyl sites for hydroxylation is 1. The fraction of sp³-hybridized carbons (Fsp3) is 0.267. The molecule has 0 saturated carbocycles. The molecule has 3 rings (SSSR count). The Morgan fingerprint density at radius 1 is 1.19 bits per heavy atom. The number of rotatable bonds is 3. The molecule has 0 saturated heterocycles. The van der Waals surface area contributed by atoms with Gasteiger partial charge in [-0.05, 0) is 68.1 Å². The van der Waals surface area contributed by atoms with E-state index in [1.54, 1.807) is 0 Å². The first-order valence-electron chi connectivity index (χ1n) is 6.57. The standard InChI is InChI=1S/C15H14Br2N2O2/c1-9-4-11(8-19-15(9)17)18-7-10-5-12(16)14-13(6-10)20-2-3-21-14/h4-6,8,18H,2-3,7H2,1H3. The first kappa shape index (κ1) is 14.7. The van der Waals surface area contributed by atoms with Crippen molar-refractivity contribution in [2.45, 2.75) is 13.5 Å². The highest BCUT2D eigenvalue weighted by Crippen LogP contribution is 2.38. The Bertz CT molecular complexity index is 677. The third kappa shape index (κ3) is 3.32. The van der Waals surface area contributed by atoms with Crippen molar-refractivity contribution in [2.24, 2.45) is 0 Å². The average Bonchev–Trinajstić information content (AvgIpc) is 2.49. The van der Waals surface area contributed by atoms with Gasteiger partial charge in [0.1, 0.15) is 17.8 Å². The largest absolute Gasteiger partial charge is 0.486 e. The van der Waals surface area contributed by atoms with E-state index in [0.29, 0.717) is 19.8 Å². The third-order valence-corrected chi connectivity index (χ3v) is 4.59. The van der Waals surface area contributed by atoms with Crippen LogP contribution >= 0.6 is 31.9 Å². The Morgan fingerprint density at radius 2 is 2.00 bits per heavy atom. The molecule has 2 aromatic rings. The van der Waals surface area contributed by atoms with Crippen molar-refractivity contribution in [3.63, 3.8) is 0 Å². The molecule has 1 N–H and O–H groups in total. The number of hydrogen-bond donors (Lipinski definition) is 1. The number of fused-ring (bicyclic) bond motifs is 1. The molecule has 0 radical (unpaired) electrons. The molecule has 0 amide bonds. The monoisotopic (exact) mass is 412 g/mol. The second-order valence-electron chi connectivity index (χ2n) is 4.79. The van der Waals surface area contributed by atoms with Gasteiger partial charge in [0, 0.05) is 6.54 Å². The van der Waals surface area contributed by atoms with Gasteiger partial charge in [-0.1, -0.05) is 0 Å². The number of benzene rings is 1. The van der Waals surface area contributed by atoms with Gasteiger partial charge in [0.15, 0.2) is 11.5 Å². The van der Waals surface area contributed by atoms with E-state index in [4.69, 9.17) is 9.47 Å². The van der Waals surface area contributed by atoms with Crippen LogP contribution in [0.5, 0.6) is 11.5 Å². The summed E-state index contributed by atoms with van der Waals surface area (Å²) in [6.45, 7) is 3.89. The molecule has 1 aliphatic heterocycles. The van der Waals surface area contributed by atoms with E-state index in [-0.39, 0.29) is 0 Å². The summed E-state index contributed by atoms with van der Waals surface area (Å²) in [4.78, 5) is 4.28. The lowest BCUT2D eigenvalue weighted by Crippen LogP contribution is -2.16. The third-order valence-electron chi connectivity index (χ3n) is 3.17. The summed E-state index contributed by atoms with van der Waals surface area (Å²) in [6.07, 6.45) is 1.81. The van der Waals surface area contributed by atoms with Crippen LogP contribution in [0.25, 0.3) is 0 Å². The van der Waals surface area contributed by atoms with Gasteiger partial charge in [-0.2, -0.15) is 0 Å². The van der Waals surface area contributed by atoms with E-state index in [2.05, 4.69) is 48.2 Å². The van der Waals surface area contributed by atoms with Crippen molar-refractivity contribution >= 4 is 37.5 Å². The Morgan fingerprint density at radius 3 is 2.81 bits per heavy atom. The zero-order chi connectivity index (χ0) is 14.8. The zero-order valence-electron chi connectivity index (χ0n) is 11.5. The molecule has 0 spiro atoms. The van der Waals surface area contributed by atoms with E-state index in [1.807, 2.05) is 25.3 Å². The van der Waals surface area contributed by atoms with Gasteiger partial charge < -0.3 is 14.8 Å². The number of nitrogens with zero attached hydrogens (tertiary/aromatic N) is 1. The van der Waals surface area contributed by atoms with Gasteiger partial charge in [0.25, 0.3) is 0 Å². The molecule has 0 unspecified atom stereocenters. The van der Waals surface area contributed by atoms with Crippen LogP contribution in [0, 0.1) is 6.92 Å². The number of pyridine rings is 1. The van der Waals surface area contributed by atoms with Crippen molar-refractivity contribution in [2.75, 3.05) is 18.5 Å². The van der Waals surface area contributed by atoms with Gasteiger partial charge >= 0.3 is 0 Å². The molecular formula is C15H14Br2N2O2. The molecule has 6 heteroatoms. The minimum absolute atomic E-state index is 0.589. The highest BCUT2D eigenvalue weighted by molar-refractivity contribution is 9.10. The fourth-order valence-corrected chi connectivity index (χ4v) is 2.95. The minimum Gasteiger partial charge on any atom is -0.486 e. The molecule has 2 heterocycles. The molecule has 0 fully saturated rings. The van der Waals surface area contributed by atoms with Crippen molar-refractivity contribution in [1.82, 2.24) is 4.98 Å². The summed E-state index contributed by atoms with van der Waals surface area (Å²) in [5, 5.41) is 3.36. The number of halogens is 2. The highest BCUT2D eigenvalue weighted by Gasteiger charge is 2.16. The Balaban J connectivity index is 1.76. The Labute approximate surface area is 140 Å². The van der Waals surface area contributed by atoms with E-state index in [1.165, 1.54) is 0 Å². The number of nitrogens with one attached hydrogen (secondary N) is 1. The molecular weight excluding hydrogens is 400 g/mol. The average molecular weight is 414 g/mol. The van der Waals surface area contributed by atoms with Crippen molar-refractivity contribution in [3.05, 3.63) is 44.6 Å². The fourth-order valence-electron chi connectivity index (χ4n) is 2.13. The van der Waals surface area contributed by atoms with E-state index >= 15 is 0 Å². The summed E-state index contributed by atoms with van der Waals surface area (Å²) >= 11 is 6.93. The molecule has 0 atom stereocenters. The summed E-state index contributed by atoms with van der Waals surface area (Å²) in [5.41, 5.74) is 3.21. The molecule has 4 nitrogen and oxygen atoms in total. The molecule has 0 aliphatic carbocycles. The first-order valence-corrected chi connectivity index (χ1v) is 8.16. The van der Waals surface area contributed by atoms with Crippen LogP contribution in [-0.4, -0.2) is 18.2 Å². The van der Waals surface area contributed by atoms with Gasteiger partial charge in [0.2, 0.25) is 0 Å². The maximum absolute atomic E-state index is 5.63. The zero-order valence-corrected chi connectivity index (χ0v) is 14.6. The van der Waals surface area contributed by atoms with Crippen LogP contribution in [0.3, 0.4) is 0 Å². The minimum atomic E-state index is 0.589. The first-order chi connectivity index (χ1) is 10.1. The Kier molecular flexibility index (Phi) is 4.35. The van der Waals surface area contributed by atoms with Crippen LogP contribution in [0.2, 0.25) is 0 Å².